The van der Waals surface area contributed by atoms with Gasteiger partial charge in [0.05, 0.1) is 6.54 Å². The minimum absolute atomic E-state index is 0.236. The smallest absolute Gasteiger partial charge is 0.104 e. The molecule has 0 fully saturated rings. The summed E-state index contributed by atoms with van der Waals surface area (Å²) in [4.78, 5) is 2.17. The number of fused-ring (bicyclic) bond motifs is 1. The molecule has 0 aromatic heterocycles. The highest BCUT2D eigenvalue weighted by atomic mass is 16.3. The van der Waals surface area contributed by atoms with Crippen molar-refractivity contribution in [3.8, 4) is 12.3 Å². The van der Waals surface area contributed by atoms with E-state index in [2.05, 4.69) is 48.9 Å². The first-order valence-corrected chi connectivity index (χ1v) is 6.67. The molecule has 1 aromatic carbocycles. The number of rotatable bonds is 2. The van der Waals surface area contributed by atoms with Gasteiger partial charge in [0.15, 0.2) is 0 Å². The fourth-order valence-electron chi connectivity index (χ4n) is 1.94. The average Bonchev–Trinajstić information content (AvgIpc) is 2.75. The molecule has 0 radical (unpaired) electrons. The summed E-state index contributed by atoms with van der Waals surface area (Å²) in [6, 6.07) is 6.48. The maximum Gasteiger partial charge on any atom is 0.104 e. The van der Waals surface area contributed by atoms with Crippen LogP contribution in [0.3, 0.4) is 0 Å². The van der Waals surface area contributed by atoms with Crippen LogP contribution in [-0.4, -0.2) is 18.2 Å². The number of anilines is 1. The van der Waals surface area contributed by atoms with E-state index in [-0.39, 0.29) is 5.76 Å². The van der Waals surface area contributed by atoms with Gasteiger partial charge in [-0.15, -0.1) is 12.3 Å². The third-order valence-electron chi connectivity index (χ3n) is 2.61. The summed E-state index contributed by atoms with van der Waals surface area (Å²) in [5.41, 5.74) is 3.89. The van der Waals surface area contributed by atoms with E-state index in [0.717, 1.165) is 13.0 Å². The number of hydrogen-bond donors (Lipinski definition) is 1. The Morgan fingerprint density at radius 2 is 2.05 bits per heavy atom. The van der Waals surface area contributed by atoms with Crippen LogP contribution in [0.25, 0.3) is 0 Å². The molecule has 0 saturated heterocycles. The standard InChI is InChI=1S/C12H15NO.C3H4.C2H6/c1-9-3-4-11-5-6-13(8-10(2)14)12(11)7-9;1-3-2;1-2/h3-4,7,14H,2,5-6,8H2,1H3;1H,2H3;1-2H3. The number of nitrogens with zero attached hydrogens (tertiary/aromatic N) is 1. The van der Waals surface area contributed by atoms with E-state index in [0.29, 0.717) is 6.54 Å². The minimum atomic E-state index is 0.236. The monoisotopic (exact) mass is 259 g/mol. The van der Waals surface area contributed by atoms with Crippen LogP contribution in [-0.2, 0) is 6.42 Å². The van der Waals surface area contributed by atoms with Gasteiger partial charge in [-0.2, -0.15) is 0 Å². The lowest BCUT2D eigenvalue weighted by Crippen LogP contribution is -2.22. The average molecular weight is 259 g/mol. The fourth-order valence-corrected chi connectivity index (χ4v) is 1.94. The summed E-state index contributed by atoms with van der Waals surface area (Å²) < 4.78 is 0. The first-order valence-electron chi connectivity index (χ1n) is 6.67. The second-order valence-electron chi connectivity index (χ2n) is 4.16. The second kappa shape index (κ2) is 9.10. The molecule has 1 aliphatic rings. The quantitative estimate of drug-likeness (QED) is 0.638. The second-order valence-corrected chi connectivity index (χ2v) is 4.16. The van der Waals surface area contributed by atoms with E-state index >= 15 is 0 Å². The number of terminal acetylenes is 1. The van der Waals surface area contributed by atoms with Crippen molar-refractivity contribution in [2.24, 2.45) is 0 Å². The van der Waals surface area contributed by atoms with E-state index < -0.39 is 0 Å². The molecule has 1 heterocycles. The van der Waals surface area contributed by atoms with Gasteiger partial charge in [-0.1, -0.05) is 32.6 Å². The molecule has 0 unspecified atom stereocenters. The number of benzene rings is 1. The molecule has 0 amide bonds. The van der Waals surface area contributed by atoms with E-state index in [1.807, 2.05) is 13.8 Å². The van der Waals surface area contributed by atoms with Gasteiger partial charge in [0.1, 0.15) is 5.76 Å². The van der Waals surface area contributed by atoms with Crippen LogP contribution in [0.5, 0.6) is 0 Å². The van der Waals surface area contributed by atoms with Crippen molar-refractivity contribution in [3.05, 3.63) is 41.7 Å². The van der Waals surface area contributed by atoms with Crippen LogP contribution in [0.4, 0.5) is 5.69 Å². The van der Waals surface area contributed by atoms with Crippen molar-refractivity contribution in [2.75, 3.05) is 18.0 Å². The predicted molar refractivity (Wildman–Crippen MR) is 84.7 cm³/mol. The molecule has 2 nitrogen and oxygen atoms in total. The molecule has 104 valence electrons. The van der Waals surface area contributed by atoms with Crippen LogP contribution in [0.2, 0.25) is 0 Å². The van der Waals surface area contributed by atoms with Crippen molar-refractivity contribution < 1.29 is 5.11 Å². The lowest BCUT2D eigenvalue weighted by atomic mass is 10.1. The summed E-state index contributed by atoms with van der Waals surface area (Å²) in [6.07, 6.45) is 5.67. The zero-order valence-corrected chi connectivity index (χ0v) is 12.5. The number of aliphatic hydroxyl groups is 1. The molecule has 2 heteroatoms. The highest BCUT2D eigenvalue weighted by Crippen LogP contribution is 2.28. The summed E-state index contributed by atoms with van der Waals surface area (Å²) in [5.74, 6) is 2.49. The van der Waals surface area contributed by atoms with Crippen molar-refractivity contribution in [2.45, 2.75) is 34.1 Å². The minimum Gasteiger partial charge on any atom is -0.511 e. The van der Waals surface area contributed by atoms with Gasteiger partial charge in [-0.25, -0.2) is 0 Å². The molecule has 19 heavy (non-hydrogen) atoms. The zero-order valence-electron chi connectivity index (χ0n) is 12.5. The maximum absolute atomic E-state index is 9.17. The highest BCUT2D eigenvalue weighted by molar-refractivity contribution is 5.59. The van der Waals surface area contributed by atoms with Gasteiger partial charge in [-0.3, -0.25) is 0 Å². The Labute approximate surface area is 117 Å². The number of hydrogen-bond acceptors (Lipinski definition) is 2. The normalized spacial score (nSPS) is 11.2. The Kier molecular flexibility index (Phi) is 8.20. The Balaban J connectivity index is 0.000000573. The zero-order chi connectivity index (χ0) is 14.8. The molecule has 1 aliphatic heterocycles. The SMILES string of the molecule is C#CC.C=C(O)CN1CCc2ccc(C)cc21.CC. The molecule has 1 aromatic rings. The van der Waals surface area contributed by atoms with Crippen LogP contribution in [0.15, 0.2) is 30.5 Å². The predicted octanol–water partition coefficient (Wildman–Crippen LogP) is 4.09. The Hall–Kier alpha value is -1.88. The maximum atomic E-state index is 9.17. The van der Waals surface area contributed by atoms with Crippen molar-refractivity contribution >= 4 is 5.69 Å². The van der Waals surface area contributed by atoms with Crippen molar-refractivity contribution in [1.29, 1.82) is 0 Å². The van der Waals surface area contributed by atoms with E-state index in [9.17, 15) is 5.11 Å². The third-order valence-corrected chi connectivity index (χ3v) is 2.61. The fraction of sp³-hybridized carbons (Fsp3) is 0.412. The molecule has 0 saturated carbocycles. The molecule has 0 spiro atoms. The topological polar surface area (TPSA) is 23.5 Å². The lowest BCUT2D eigenvalue weighted by Gasteiger charge is -2.18. The van der Waals surface area contributed by atoms with E-state index in [4.69, 9.17) is 0 Å². The first-order chi connectivity index (χ1) is 9.08. The van der Waals surface area contributed by atoms with Gasteiger partial charge in [0, 0.05) is 12.2 Å². The highest BCUT2D eigenvalue weighted by Gasteiger charge is 2.18. The van der Waals surface area contributed by atoms with Crippen LogP contribution in [0.1, 0.15) is 31.9 Å². The van der Waals surface area contributed by atoms with Crippen LogP contribution in [0, 0.1) is 19.3 Å². The number of aryl methyl sites for hydroxylation is 1. The summed E-state index contributed by atoms with van der Waals surface area (Å²) >= 11 is 0. The number of aliphatic hydroxyl groups excluding tert-OH is 1. The van der Waals surface area contributed by atoms with Crippen LogP contribution < -0.4 is 4.90 Å². The molecule has 1 N–H and O–H groups in total. The Bertz CT molecular complexity index is 443. The van der Waals surface area contributed by atoms with Crippen molar-refractivity contribution in [1.82, 2.24) is 0 Å². The Morgan fingerprint density at radius 1 is 1.47 bits per heavy atom. The molecule has 0 bridgehead atoms. The van der Waals surface area contributed by atoms with Gasteiger partial charge in [0.25, 0.3) is 0 Å². The molecule has 0 atom stereocenters. The van der Waals surface area contributed by atoms with Crippen molar-refractivity contribution in [3.63, 3.8) is 0 Å². The van der Waals surface area contributed by atoms with Gasteiger partial charge < -0.3 is 10.0 Å². The van der Waals surface area contributed by atoms with Gasteiger partial charge in [-0.05, 0) is 37.5 Å². The largest absolute Gasteiger partial charge is 0.511 e. The molecular weight excluding hydrogens is 234 g/mol. The molecule has 2 rings (SSSR count). The first kappa shape index (κ1) is 17.1. The summed E-state index contributed by atoms with van der Waals surface area (Å²) in [7, 11) is 0. The van der Waals surface area contributed by atoms with Gasteiger partial charge >= 0.3 is 0 Å². The van der Waals surface area contributed by atoms with E-state index in [1.54, 1.807) is 6.92 Å². The van der Waals surface area contributed by atoms with Crippen LogP contribution >= 0.6 is 0 Å². The molecular formula is C17H25NO. The van der Waals surface area contributed by atoms with Gasteiger partial charge in [0.2, 0.25) is 0 Å². The summed E-state index contributed by atoms with van der Waals surface area (Å²) in [5, 5.41) is 9.17. The van der Waals surface area contributed by atoms with E-state index in [1.165, 1.54) is 16.8 Å². The summed E-state index contributed by atoms with van der Waals surface area (Å²) in [6.45, 7) is 12.8. The molecule has 0 aliphatic carbocycles. The Morgan fingerprint density at radius 3 is 2.58 bits per heavy atom. The lowest BCUT2D eigenvalue weighted by molar-refractivity contribution is 0.402. The third kappa shape index (κ3) is 5.52.